The van der Waals surface area contributed by atoms with Crippen LogP contribution < -0.4 is 0 Å². The molecule has 0 atom stereocenters. The van der Waals surface area contributed by atoms with E-state index in [1.54, 1.807) is 11.3 Å². The molecule has 0 radical (unpaired) electrons. The van der Waals surface area contributed by atoms with Crippen molar-refractivity contribution < 1.29 is 0 Å². The van der Waals surface area contributed by atoms with Crippen molar-refractivity contribution in [2.24, 2.45) is 7.05 Å². The molecule has 102 valence electrons. The Labute approximate surface area is 120 Å². The van der Waals surface area contributed by atoms with Crippen LogP contribution in [0.4, 0.5) is 0 Å². The van der Waals surface area contributed by atoms with Crippen molar-refractivity contribution in [3.63, 3.8) is 0 Å². The Balaban J connectivity index is 1.65. The summed E-state index contributed by atoms with van der Waals surface area (Å²) in [5, 5.41) is 10.7. The van der Waals surface area contributed by atoms with Gasteiger partial charge in [0.25, 0.3) is 0 Å². The molecule has 0 N–H and O–H groups in total. The van der Waals surface area contributed by atoms with E-state index in [1.807, 2.05) is 18.5 Å². The molecule has 0 amide bonds. The number of hydrogen-bond acceptors (Lipinski definition) is 4. The van der Waals surface area contributed by atoms with Gasteiger partial charge in [-0.1, -0.05) is 6.07 Å². The van der Waals surface area contributed by atoms with Crippen LogP contribution in [0.1, 0.15) is 30.4 Å². The monoisotopic (exact) mass is 285 g/mol. The topological polar surface area (TPSA) is 48.5 Å². The average Bonchev–Trinajstić information content (AvgIpc) is 2.88. The average molecular weight is 285 g/mol. The Hall–Kier alpha value is -1.95. The number of rotatable bonds is 4. The van der Waals surface area contributed by atoms with Crippen molar-refractivity contribution in [2.45, 2.75) is 25.3 Å². The molecule has 1 aliphatic rings. The maximum Gasteiger partial charge on any atom is 0.152 e. The lowest BCUT2D eigenvalue weighted by Gasteiger charge is -2.07. The fourth-order valence-corrected chi connectivity index (χ4v) is 3.17. The van der Waals surface area contributed by atoms with E-state index < -0.39 is 0 Å². The maximum atomic E-state index is 4.45. The summed E-state index contributed by atoms with van der Waals surface area (Å²) >= 11 is 1.70. The smallest absolute Gasteiger partial charge is 0.152 e. The molecule has 3 heterocycles. The molecule has 0 aliphatic heterocycles. The van der Waals surface area contributed by atoms with E-state index in [0.29, 0.717) is 12.5 Å². The predicted octanol–water partition coefficient (Wildman–Crippen LogP) is 2.67. The first kappa shape index (κ1) is 11.8. The molecule has 6 heteroatoms. The van der Waals surface area contributed by atoms with Crippen LogP contribution in [0.15, 0.2) is 29.9 Å². The Kier molecular flexibility index (Phi) is 2.70. The highest BCUT2D eigenvalue weighted by Gasteiger charge is 2.29. The van der Waals surface area contributed by atoms with Gasteiger partial charge in [0, 0.05) is 25.4 Å². The third-order valence-electron chi connectivity index (χ3n) is 3.71. The highest BCUT2D eigenvalue weighted by molar-refractivity contribution is 7.13. The molecular weight excluding hydrogens is 270 g/mol. The lowest BCUT2D eigenvalue weighted by molar-refractivity contribution is 0.687. The second-order valence-electron chi connectivity index (χ2n) is 5.16. The number of imidazole rings is 1. The van der Waals surface area contributed by atoms with Gasteiger partial charge in [-0.25, -0.2) is 4.98 Å². The normalized spacial score (nSPS) is 14.8. The fraction of sp³-hybridized carbons (Fsp3) is 0.357. The van der Waals surface area contributed by atoms with E-state index in [0.717, 1.165) is 17.5 Å². The molecule has 0 spiro atoms. The van der Waals surface area contributed by atoms with E-state index in [-0.39, 0.29) is 0 Å². The van der Waals surface area contributed by atoms with Gasteiger partial charge in [0.1, 0.15) is 11.6 Å². The summed E-state index contributed by atoms with van der Waals surface area (Å²) < 4.78 is 4.27. The first-order valence-electron chi connectivity index (χ1n) is 6.76. The lowest BCUT2D eigenvalue weighted by Crippen LogP contribution is -2.07. The number of aromatic nitrogens is 5. The standard InChI is InChI=1S/C14H15N5S/c1-18-12(16-17-13(18)10-4-5-10)9-19-7-6-15-14(19)11-3-2-8-20-11/h2-3,6-8,10H,4-5,9H2,1H3. The van der Waals surface area contributed by atoms with Crippen LogP contribution in [0.2, 0.25) is 0 Å². The van der Waals surface area contributed by atoms with E-state index in [2.05, 4.69) is 42.8 Å². The Morgan fingerprint density at radius 1 is 1.35 bits per heavy atom. The van der Waals surface area contributed by atoms with Gasteiger partial charge in [-0.2, -0.15) is 0 Å². The second-order valence-corrected chi connectivity index (χ2v) is 6.11. The van der Waals surface area contributed by atoms with Crippen LogP contribution in [0.25, 0.3) is 10.7 Å². The summed E-state index contributed by atoms with van der Waals surface area (Å²) in [6, 6.07) is 4.14. The first-order valence-corrected chi connectivity index (χ1v) is 7.64. The quantitative estimate of drug-likeness (QED) is 0.740. The van der Waals surface area contributed by atoms with Crippen molar-refractivity contribution in [1.82, 2.24) is 24.3 Å². The van der Waals surface area contributed by atoms with Gasteiger partial charge in [-0.05, 0) is 24.3 Å². The Morgan fingerprint density at radius 3 is 3.00 bits per heavy atom. The highest BCUT2D eigenvalue weighted by Crippen LogP contribution is 2.38. The molecule has 5 nitrogen and oxygen atoms in total. The van der Waals surface area contributed by atoms with Crippen molar-refractivity contribution >= 4 is 11.3 Å². The number of nitrogens with zero attached hydrogens (tertiary/aromatic N) is 5. The van der Waals surface area contributed by atoms with E-state index in [1.165, 1.54) is 17.7 Å². The van der Waals surface area contributed by atoms with Crippen LogP contribution in [0.3, 0.4) is 0 Å². The molecule has 1 saturated carbocycles. The van der Waals surface area contributed by atoms with Gasteiger partial charge in [-0.15, -0.1) is 21.5 Å². The summed E-state index contributed by atoms with van der Waals surface area (Å²) in [5.41, 5.74) is 0. The van der Waals surface area contributed by atoms with Gasteiger partial charge < -0.3 is 9.13 Å². The molecule has 1 aliphatic carbocycles. The summed E-state index contributed by atoms with van der Waals surface area (Å²) in [6.45, 7) is 0.712. The Bertz CT molecular complexity index is 721. The molecule has 20 heavy (non-hydrogen) atoms. The van der Waals surface area contributed by atoms with E-state index in [9.17, 15) is 0 Å². The van der Waals surface area contributed by atoms with Crippen molar-refractivity contribution in [3.05, 3.63) is 41.6 Å². The third kappa shape index (κ3) is 1.96. The van der Waals surface area contributed by atoms with Crippen molar-refractivity contribution in [3.8, 4) is 10.7 Å². The molecule has 1 fully saturated rings. The minimum atomic E-state index is 0.626. The zero-order chi connectivity index (χ0) is 13.5. The first-order chi connectivity index (χ1) is 9.83. The third-order valence-corrected chi connectivity index (χ3v) is 4.58. The van der Waals surface area contributed by atoms with E-state index >= 15 is 0 Å². The summed E-state index contributed by atoms with van der Waals surface area (Å²) in [5.74, 6) is 3.73. The molecule has 0 saturated heterocycles. The number of hydrogen-bond donors (Lipinski definition) is 0. The molecule has 0 aromatic carbocycles. The molecule has 3 aromatic rings. The highest BCUT2D eigenvalue weighted by atomic mass is 32.1. The Morgan fingerprint density at radius 2 is 2.25 bits per heavy atom. The lowest BCUT2D eigenvalue weighted by atomic mass is 10.4. The predicted molar refractivity (Wildman–Crippen MR) is 77.6 cm³/mol. The van der Waals surface area contributed by atoms with Gasteiger partial charge in [0.05, 0.1) is 11.4 Å². The fourth-order valence-electron chi connectivity index (χ4n) is 2.43. The van der Waals surface area contributed by atoms with Crippen LogP contribution >= 0.6 is 11.3 Å². The minimum absolute atomic E-state index is 0.626. The van der Waals surface area contributed by atoms with Crippen molar-refractivity contribution in [2.75, 3.05) is 0 Å². The summed E-state index contributed by atoms with van der Waals surface area (Å²) in [7, 11) is 2.06. The molecule has 0 bridgehead atoms. The van der Waals surface area contributed by atoms with Crippen LogP contribution in [0, 0.1) is 0 Å². The van der Waals surface area contributed by atoms with Crippen LogP contribution in [-0.4, -0.2) is 24.3 Å². The second kappa shape index (κ2) is 4.56. The van der Waals surface area contributed by atoms with Gasteiger partial charge in [0.15, 0.2) is 5.82 Å². The summed E-state index contributed by atoms with van der Waals surface area (Å²) in [6.07, 6.45) is 6.34. The zero-order valence-corrected chi connectivity index (χ0v) is 12.0. The molecular formula is C14H15N5S. The molecule has 4 rings (SSSR count). The van der Waals surface area contributed by atoms with Gasteiger partial charge in [-0.3, -0.25) is 0 Å². The molecule has 3 aromatic heterocycles. The van der Waals surface area contributed by atoms with Crippen LogP contribution in [0.5, 0.6) is 0 Å². The van der Waals surface area contributed by atoms with Crippen molar-refractivity contribution in [1.29, 1.82) is 0 Å². The maximum absolute atomic E-state index is 4.45. The van der Waals surface area contributed by atoms with Crippen LogP contribution in [-0.2, 0) is 13.6 Å². The molecule has 0 unspecified atom stereocenters. The number of thiophene rings is 1. The summed E-state index contributed by atoms with van der Waals surface area (Å²) in [4.78, 5) is 5.63. The minimum Gasteiger partial charge on any atom is -0.323 e. The van der Waals surface area contributed by atoms with Gasteiger partial charge in [0.2, 0.25) is 0 Å². The SMILES string of the molecule is Cn1c(Cn2ccnc2-c2cccs2)nnc1C1CC1. The largest absolute Gasteiger partial charge is 0.323 e. The van der Waals surface area contributed by atoms with E-state index in [4.69, 9.17) is 0 Å². The zero-order valence-electron chi connectivity index (χ0n) is 11.2. The van der Waals surface area contributed by atoms with Gasteiger partial charge >= 0.3 is 0 Å².